The van der Waals surface area contributed by atoms with Crippen LogP contribution < -0.4 is 10.5 Å². The molecule has 0 fully saturated rings. The van der Waals surface area contributed by atoms with Gasteiger partial charge in [0.05, 0.1) is 0 Å². The molecule has 0 amide bonds. The van der Waals surface area contributed by atoms with Crippen molar-refractivity contribution in [2.24, 2.45) is 5.73 Å². The fraction of sp³-hybridized carbons (Fsp3) is 0.467. The minimum Gasteiger partial charge on any atom is -0.484 e. The third-order valence-electron chi connectivity index (χ3n) is 3.09. The van der Waals surface area contributed by atoms with E-state index in [-0.39, 0.29) is 12.6 Å². The van der Waals surface area contributed by atoms with E-state index >= 15 is 0 Å². The van der Waals surface area contributed by atoms with Crippen LogP contribution in [0, 0.1) is 0 Å². The Kier molecular flexibility index (Phi) is 5.12. The summed E-state index contributed by atoms with van der Waals surface area (Å²) in [6.07, 6.45) is 2.55. The molecule has 108 valence electrons. The summed E-state index contributed by atoms with van der Waals surface area (Å²) in [6, 6.07) is 8.14. The smallest absolute Gasteiger partial charge is 0.253 e. The predicted octanol–water partition coefficient (Wildman–Crippen LogP) is 2.49. The van der Waals surface area contributed by atoms with Crippen molar-refractivity contribution in [3.8, 4) is 5.75 Å². The Hall–Kier alpha value is -1.88. The Morgan fingerprint density at radius 2 is 2.05 bits per heavy atom. The lowest BCUT2D eigenvalue weighted by molar-refractivity contribution is 0.259. The average molecular weight is 275 g/mol. The van der Waals surface area contributed by atoms with Crippen molar-refractivity contribution in [1.82, 2.24) is 10.2 Å². The quantitative estimate of drug-likeness (QED) is 0.840. The first-order chi connectivity index (χ1) is 9.71. The standard InChI is InChI=1S/C15H21N3O2/c1-3-12(16)8-11-6-5-7-13(9-11)19-10-15-18-17-14(4-2)20-15/h5-7,9,12H,3-4,8,10,16H2,1-2H3. The van der Waals surface area contributed by atoms with Gasteiger partial charge in [-0.3, -0.25) is 0 Å². The van der Waals surface area contributed by atoms with E-state index in [9.17, 15) is 0 Å². The molecule has 2 rings (SSSR count). The van der Waals surface area contributed by atoms with Crippen LogP contribution in [-0.4, -0.2) is 16.2 Å². The monoisotopic (exact) mass is 275 g/mol. The molecule has 1 aromatic heterocycles. The maximum absolute atomic E-state index is 5.96. The highest BCUT2D eigenvalue weighted by atomic mass is 16.5. The second-order valence-electron chi connectivity index (χ2n) is 4.75. The van der Waals surface area contributed by atoms with Crippen molar-refractivity contribution < 1.29 is 9.15 Å². The molecular weight excluding hydrogens is 254 g/mol. The SMILES string of the molecule is CCc1nnc(COc2cccc(CC(N)CC)c2)o1. The summed E-state index contributed by atoms with van der Waals surface area (Å²) in [5.74, 6) is 1.92. The van der Waals surface area contributed by atoms with Gasteiger partial charge in [-0.2, -0.15) is 0 Å². The van der Waals surface area contributed by atoms with Crippen molar-refractivity contribution >= 4 is 0 Å². The van der Waals surface area contributed by atoms with Gasteiger partial charge >= 0.3 is 0 Å². The van der Waals surface area contributed by atoms with E-state index < -0.39 is 0 Å². The molecule has 20 heavy (non-hydrogen) atoms. The van der Waals surface area contributed by atoms with E-state index in [1.807, 2.05) is 25.1 Å². The van der Waals surface area contributed by atoms with Crippen LogP contribution in [0.1, 0.15) is 37.6 Å². The van der Waals surface area contributed by atoms with Crippen LogP contribution in [0.4, 0.5) is 0 Å². The molecule has 0 aliphatic heterocycles. The molecule has 0 aliphatic rings. The summed E-state index contributed by atoms with van der Waals surface area (Å²) in [5, 5.41) is 7.83. The normalized spacial score (nSPS) is 12.3. The van der Waals surface area contributed by atoms with E-state index in [4.69, 9.17) is 14.9 Å². The molecule has 0 saturated heterocycles. The van der Waals surface area contributed by atoms with Crippen LogP contribution in [0.3, 0.4) is 0 Å². The maximum atomic E-state index is 5.96. The number of rotatable bonds is 7. The molecule has 1 atom stereocenters. The van der Waals surface area contributed by atoms with Crippen LogP contribution in [0.15, 0.2) is 28.7 Å². The summed E-state index contributed by atoms with van der Waals surface area (Å²) in [4.78, 5) is 0. The number of ether oxygens (including phenoxy) is 1. The molecule has 2 N–H and O–H groups in total. The largest absolute Gasteiger partial charge is 0.484 e. The van der Waals surface area contributed by atoms with Crippen LogP contribution >= 0.6 is 0 Å². The molecule has 0 saturated carbocycles. The number of aryl methyl sites for hydroxylation is 1. The molecule has 0 aliphatic carbocycles. The Morgan fingerprint density at radius 1 is 1.25 bits per heavy atom. The van der Waals surface area contributed by atoms with Gasteiger partial charge in [-0.05, 0) is 30.5 Å². The zero-order valence-corrected chi connectivity index (χ0v) is 12.0. The van der Waals surface area contributed by atoms with Crippen molar-refractivity contribution in [2.45, 2.75) is 45.8 Å². The van der Waals surface area contributed by atoms with Gasteiger partial charge in [0.2, 0.25) is 5.89 Å². The third kappa shape index (κ3) is 4.06. The van der Waals surface area contributed by atoms with Crippen LogP contribution in [0.2, 0.25) is 0 Å². The van der Waals surface area contributed by atoms with E-state index in [0.717, 1.165) is 25.0 Å². The number of nitrogens with two attached hydrogens (primary N) is 1. The van der Waals surface area contributed by atoms with Crippen LogP contribution in [-0.2, 0) is 19.4 Å². The summed E-state index contributed by atoms with van der Waals surface area (Å²) in [5.41, 5.74) is 7.14. The van der Waals surface area contributed by atoms with Gasteiger partial charge in [0.25, 0.3) is 5.89 Å². The lowest BCUT2D eigenvalue weighted by atomic mass is 10.0. The van der Waals surface area contributed by atoms with Crippen molar-refractivity contribution in [1.29, 1.82) is 0 Å². The lowest BCUT2D eigenvalue weighted by Gasteiger charge is -2.10. The molecule has 1 unspecified atom stereocenters. The van der Waals surface area contributed by atoms with Crippen LogP contribution in [0.5, 0.6) is 5.75 Å². The van der Waals surface area contributed by atoms with E-state index in [0.29, 0.717) is 11.8 Å². The van der Waals surface area contributed by atoms with Crippen molar-refractivity contribution in [3.63, 3.8) is 0 Å². The molecule has 0 radical (unpaired) electrons. The minimum atomic E-state index is 0.188. The van der Waals surface area contributed by atoms with E-state index in [1.54, 1.807) is 0 Å². The number of hydrogen-bond acceptors (Lipinski definition) is 5. The van der Waals surface area contributed by atoms with Gasteiger partial charge in [0.15, 0.2) is 6.61 Å². The first-order valence-corrected chi connectivity index (χ1v) is 6.99. The number of benzene rings is 1. The second kappa shape index (κ2) is 7.05. The Bertz CT molecular complexity index is 539. The minimum absolute atomic E-state index is 0.188. The molecule has 1 heterocycles. The van der Waals surface area contributed by atoms with E-state index in [2.05, 4.69) is 23.2 Å². The third-order valence-corrected chi connectivity index (χ3v) is 3.09. The highest BCUT2D eigenvalue weighted by molar-refractivity contribution is 5.29. The summed E-state index contributed by atoms with van der Waals surface area (Å²) >= 11 is 0. The molecule has 2 aromatic rings. The topological polar surface area (TPSA) is 74.2 Å². The zero-order chi connectivity index (χ0) is 14.4. The zero-order valence-electron chi connectivity index (χ0n) is 12.0. The van der Waals surface area contributed by atoms with Gasteiger partial charge in [-0.15, -0.1) is 10.2 Å². The highest BCUT2D eigenvalue weighted by Crippen LogP contribution is 2.16. The Labute approximate surface area is 119 Å². The summed E-state index contributed by atoms with van der Waals surface area (Å²) in [7, 11) is 0. The predicted molar refractivity (Wildman–Crippen MR) is 76.4 cm³/mol. The van der Waals surface area contributed by atoms with Crippen molar-refractivity contribution in [3.05, 3.63) is 41.6 Å². The van der Waals surface area contributed by atoms with Gasteiger partial charge in [0.1, 0.15) is 5.75 Å². The Morgan fingerprint density at radius 3 is 2.75 bits per heavy atom. The first kappa shape index (κ1) is 14.5. The second-order valence-corrected chi connectivity index (χ2v) is 4.75. The first-order valence-electron chi connectivity index (χ1n) is 6.99. The number of aromatic nitrogens is 2. The molecule has 1 aromatic carbocycles. The lowest BCUT2D eigenvalue weighted by Crippen LogP contribution is -2.21. The fourth-order valence-electron chi connectivity index (χ4n) is 1.84. The molecule has 0 spiro atoms. The maximum Gasteiger partial charge on any atom is 0.253 e. The van der Waals surface area contributed by atoms with Gasteiger partial charge in [0, 0.05) is 12.5 Å². The molecular formula is C15H21N3O2. The average Bonchev–Trinajstić information content (AvgIpc) is 2.93. The molecule has 5 heteroatoms. The summed E-state index contributed by atoms with van der Waals surface area (Å²) < 4.78 is 11.1. The van der Waals surface area contributed by atoms with Gasteiger partial charge in [-0.25, -0.2) is 0 Å². The van der Waals surface area contributed by atoms with Crippen LogP contribution in [0.25, 0.3) is 0 Å². The highest BCUT2D eigenvalue weighted by Gasteiger charge is 2.06. The Balaban J connectivity index is 1.93. The summed E-state index contributed by atoms with van der Waals surface area (Å²) in [6.45, 7) is 4.35. The van der Waals surface area contributed by atoms with Gasteiger partial charge in [-0.1, -0.05) is 26.0 Å². The fourth-order valence-corrected chi connectivity index (χ4v) is 1.84. The van der Waals surface area contributed by atoms with Crippen molar-refractivity contribution in [2.75, 3.05) is 0 Å². The van der Waals surface area contributed by atoms with E-state index in [1.165, 1.54) is 5.56 Å². The molecule has 0 bridgehead atoms. The van der Waals surface area contributed by atoms with Gasteiger partial charge < -0.3 is 14.9 Å². The molecule has 5 nitrogen and oxygen atoms in total. The number of hydrogen-bond donors (Lipinski definition) is 1. The number of nitrogens with zero attached hydrogens (tertiary/aromatic N) is 2.